The molecule has 1 nitrogen and oxygen atoms in total. The molecule has 10 heavy (non-hydrogen) atoms. The highest BCUT2D eigenvalue weighted by atomic mass is 19.1. The van der Waals surface area contributed by atoms with Gasteiger partial charge < -0.3 is 0 Å². The van der Waals surface area contributed by atoms with Crippen LogP contribution in [-0.2, 0) is 0 Å². The molecule has 0 saturated heterocycles. The van der Waals surface area contributed by atoms with E-state index in [1.54, 1.807) is 6.92 Å². The zero-order valence-electron chi connectivity index (χ0n) is 6.44. The highest BCUT2D eigenvalue weighted by molar-refractivity contribution is 5.24. The van der Waals surface area contributed by atoms with Crippen molar-refractivity contribution in [3.8, 4) is 0 Å². The Balaban J connectivity index is 2.47. The first-order chi connectivity index (χ1) is 4.64. The molecule has 1 aliphatic rings. The monoisotopic (exact) mass is 143 g/mol. The van der Waals surface area contributed by atoms with E-state index in [1.165, 1.54) is 0 Å². The predicted molar refractivity (Wildman–Crippen MR) is 41.3 cm³/mol. The average Bonchev–Trinajstić information content (AvgIpc) is 1.86. The van der Waals surface area contributed by atoms with E-state index in [0.29, 0.717) is 12.8 Å². The van der Waals surface area contributed by atoms with E-state index in [9.17, 15) is 4.39 Å². The summed E-state index contributed by atoms with van der Waals surface area (Å²) in [5.41, 5.74) is -0.982. The fourth-order valence-electron chi connectivity index (χ4n) is 1.56. The minimum atomic E-state index is -0.982. The number of aliphatic imine (C=N–C) groups is 1. The van der Waals surface area contributed by atoms with Crippen molar-refractivity contribution in [2.75, 3.05) is 0 Å². The van der Waals surface area contributed by atoms with Gasteiger partial charge >= 0.3 is 0 Å². The second-order valence-electron chi connectivity index (χ2n) is 3.35. The third-order valence-electron chi connectivity index (χ3n) is 2.15. The largest absolute Gasteiger partial charge is 0.298 e. The van der Waals surface area contributed by atoms with E-state index in [2.05, 4.69) is 11.7 Å². The molecule has 1 fully saturated rings. The number of nitrogens with zero attached hydrogens (tertiary/aromatic N) is 1. The Morgan fingerprint density at radius 1 is 1.70 bits per heavy atom. The second-order valence-corrected chi connectivity index (χ2v) is 3.35. The summed E-state index contributed by atoms with van der Waals surface area (Å²) in [7, 11) is 0. The minimum Gasteiger partial charge on any atom is -0.298 e. The van der Waals surface area contributed by atoms with Crippen LogP contribution in [0.1, 0.15) is 32.6 Å². The Morgan fingerprint density at radius 2 is 2.40 bits per heavy atom. The van der Waals surface area contributed by atoms with Gasteiger partial charge in [0.2, 0.25) is 0 Å². The Labute approximate surface area is 61.3 Å². The van der Waals surface area contributed by atoms with Gasteiger partial charge in [0.25, 0.3) is 0 Å². The molecule has 0 spiro atoms. The van der Waals surface area contributed by atoms with Crippen molar-refractivity contribution in [3.63, 3.8) is 0 Å². The molecular weight excluding hydrogens is 129 g/mol. The zero-order chi connectivity index (χ0) is 7.61. The van der Waals surface area contributed by atoms with Crippen molar-refractivity contribution >= 4 is 6.72 Å². The number of rotatable bonds is 1. The summed E-state index contributed by atoms with van der Waals surface area (Å²) >= 11 is 0. The van der Waals surface area contributed by atoms with Crippen molar-refractivity contribution in [1.82, 2.24) is 0 Å². The van der Waals surface area contributed by atoms with E-state index in [0.717, 1.165) is 12.8 Å². The molecule has 0 heterocycles. The van der Waals surface area contributed by atoms with Gasteiger partial charge in [0.1, 0.15) is 5.67 Å². The molecule has 2 unspecified atom stereocenters. The summed E-state index contributed by atoms with van der Waals surface area (Å²) in [5.74, 6) is 0. The fraction of sp³-hybridized carbons (Fsp3) is 0.875. The molecular formula is C8H14FN. The summed E-state index contributed by atoms with van der Waals surface area (Å²) in [6, 6.07) is 0.170. The minimum absolute atomic E-state index is 0.170. The number of hydrogen-bond acceptors (Lipinski definition) is 1. The lowest BCUT2D eigenvalue weighted by Gasteiger charge is -2.29. The highest BCUT2D eigenvalue weighted by Crippen LogP contribution is 2.32. The van der Waals surface area contributed by atoms with Crippen LogP contribution < -0.4 is 0 Å². The van der Waals surface area contributed by atoms with Gasteiger partial charge in [-0.3, -0.25) is 4.99 Å². The SMILES string of the molecule is C=NC1CCCC(C)(F)C1. The number of hydrogen-bond donors (Lipinski definition) is 0. The first-order valence-electron chi connectivity index (χ1n) is 3.79. The molecule has 0 aliphatic heterocycles. The van der Waals surface area contributed by atoms with Gasteiger partial charge in [0.05, 0.1) is 6.04 Å². The van der Waals surface area contributed by atoms with Crippen LogP contribution in [0.5, 0.6) is 0 Å². The molecule has 1 rings (SSSR count). The van der Waals surface area contributed by atoms with Crippen LogP contribution in [0, 0.1) is 0 Å². The molecule has 1 saturated carbocycles. The predicted octanol–water partition coefficient (Wildman–Crippen LogP) is 2.36. The van der Waals surface area contributed by atoms with E-state index >= 15 is 0 Å². The first kappa shape index (κ1) is 7.70. The first-order valence-corrected chi connectivity index (χ1v) is 3.79. The third-order valence-corrected chi connectivity index (χ3v) is 2.15. The molecule has 2 heteroatoms. The smallest absolute Gasteiger partial charge is 0.110 e. The molecule has 0 aromatic rings. The lowest BCUT2D eigenvalue weighted by molar-refractivity contribution is 0.118. The van der Waals surface area contributed by atoms with Crippen LogP contribution >= 0.6 is 0 Å². The maximum atomic E-state index is 13.2. The van der Waals surface area contributed by atoms with Crippen LogP contribution in [-0.4, -0.2) is 18.4 Å². The molecule has 0 aromatic carbocycles. The summed E-state index contributed by atoms with van der Waals surface area (Å²) in [6.45, 7) is 5.09. The van der Waals surface area contributed by atoms with E-state index in [-0.39, 0.29) is 6.04 Å². The van der Waals surface area contributed by atoms with Gasteiger partial charge in [-0.25, -0.2) is 4.39 Å². The Morgan fingerprint density at radius 3 is 2.80 bits per heavy atom. The number of alkyl halides is 1. The van der Waals surface area contributed by atoms with Crippen LogP contribution in [0.15, 0.2) is 4.99 Å². The van der Waals surface area contributed by atoms with Crippen molar-refractivity contribution in [2.24, 2.45) is 4.99 Å². The lowest BCUT2D eigenvalue weighted by atomic mass is 9.85. The van der Waals surface area contributed by atoms with Crippen LogP contribution in [0.25, 0.3) is 0 Å². The topological polar surface area (TPSA) is 12.4 Å². The van der Waals surface area contributed by atoms with E-state index < -0.39 is 5.67 Å². The maximum absolute atomic E-state index is 13.2. The van der Waals surface area contributed by atoms with Gasteiger partial charge in [0, 0.05) is 6.42 Å². The standard InChI is InChI=1S/C8H14FN/c1-8(9)5-3-4-7(6-8)10-2/h7H,2-6H2,1H3. The molecule has 0 aromatic heterocycles. The second kappa shape index (κ2) is 2.69. The molecule has 0 bridgehead atoms. The van der Waals surface area contributed by atoms with Crippen molar-refractivity contribution in [1.29, 1.82) is 0 Å². The van der Waals surface area contributed by atoms with E-state index in [4.69, 9.17) is 0 Å². The third kappa shape index (κ3) is 1.79. The molecule has 1 aliphatic carbocycles. The Hall–Kier alpha value is -0.400. The van der Waals surface area contributed by atoms with Crippen molar-refractivity contribution in [2.45, 2.75) is 44.3 Å². The zero-order valence-corrected chi connectivity index (χ0v) is 6.44. The average molecular weight is 143 g/mol. The van der Waals surface area contributed by atoms with Gasteiger partial charge in [0.15, 0.2) is 0 Å². The highest BCUT2D eigenvalue weighted by Gasteiger charge is 2.30. The van der Waals surface area contributed by atoms with Gasteiger partial charge in [-0.15, -0.1) is 0 Å². The summed E-state index contributed by atoms with van der Waals surface area (Å²) in [5, 5.41) is 0. The molecule has 2 atom stereocenters. The van der Waals surface area contributed by atoms with E-state index in [1.807, 2.05) is 0 Å². The van der Waals surface area contributed by atoms with Crippen LogP contribution in [0.3, 0.4) is 0 Å². The Bertz CT molecular complexity index is 131. The van der Waals surface area contributed by atoms with Gasteiger partial charge in [-0.1, -0.05) is 0 Å². The molecule has 0 amide bonds. The van der Waals surface area contributed by atoms with Crippen LogP contribution in [0.4, 0.5) is 4.39 Å². The molecule has 0 N–H and O–H groups in total. The number of halogens is 1. The van der Waals surface area contributed by atoms with Gasteiger partial charge in [-0.2, -0.15) is 0 Å². The maximum Gasteiger partial charge on any atom is 0.110 e. The summed E-state index contributed by atoms with van der Waals surface area (Å²) in [4.78, 5) is 3.85. The van der Waals surface area contributed by atoms with Crippen LogP contribution in [0.2, 0.25) is 0 Å². The summed E-state index contributed by atoms with van der Waals surface area (Å²) < 4.78 is 13.2. The van der Waals surface area contributed by atoms with Crippen molar-refractivity contribution < 1.29 is 4.39 Å². The van der Waals surface area contributed by atoms with Crippen molar-refractivity contribution in [3.05, 3.63) is 0 Å². The molecule has 58 valence electrons. The summed E-state index contributed by atoms with van der Waals surface area (Å²) in [6.07, 6.45) is 3.23. The van der Waals surface area contributed by atoms with Gasteiger partial charge in [-0.05, 0) is 32.9 Å². The fourth-order valence-corrected chi connectivity index (χ4v) is 1.56. The molecule has 0 radical (unpaired) electrons. The normalized spacial score (nSPS) is 41.2. The quantitative estimate of drug-likeness (QED) is 0.500. The lowest BCUT2D eigenvalue weighted by Crippen LogP contribution is -2.29. The Kier molecular flexibility index (Phi) is 2.07.